The average molecular weight is 517 g/mol. The SMILES string of the molecule is C=C1S[C@@H]2[C@H](NC(=O)Cc3cccs3)C(=O)N2C(C(=O)OC(c2ccccc2)c2ccccc2)C1=C. The van der Waals surface area contributed by atoms with E-state index in [1.807, 2.05) is 78.2 Å². The number of carbonyl (C=O) groups excluding carboxylic acids is 3. The second-order valence-corrected chi connectivity index (χ2v) is 10.8. The minimum Gasteiger partial charge on any atom is -0.451 e. The van der Waals surface area contributed by atoms with Gasteiger partial charge in [-0.05, 0) is 28.1 Å². The number of hydrogen-bond acceptors (Lipinski definition) is 6. The van der Waals surface area contributed by atoms with Gasteiger partial charge in [-0.25, -0.2) is 4.79 Å². The molecule has 36 heavy (non-hydrogen) atoms. The van der Waals surface area contributed by atoms with Crippen molar-refractivity contribution in [1.82, 2.24) is 10.2 Å². The van der Waals surface area contributed by atoms with Crippen molar-refractivity contribution in [3.63, 3.8) is 0 Å². The molecule has 0 aliphatic carbocycles. The molecule has 2 amide bonds. The molecule has 3 heterocycles. The van der Waals surface area contributed by atoms with E-state index >= 15 is 0 Å². The Morgan fingerprint density at radius 2 is 1.61 bits per heavy atom. The van der Waals surface area contributed by atoms with Gasteiger partial charge in [0.05, 0.1) is 6.42 Å². The van der Waals surface area contributed by atoms with Crippen LogP contribution in [-0.2, 0) is 25.5 Å². The summed E-state index contributed by atoms with van der Waals surface area (Å²) in [6.45, 7) is 8.09. The number of esters is 1. The third-order valence-corrected chi connectivity index (χ3v) is 8.37. The predicted octanol–water partition coefficient (Wildman–Crippen LogP) is 4.46. The second kappa shape index (κ2) is 10.2. The summed E-state index contributed by atoms with van der Waals surface area (Å²) in [5, 5.41) is 4.27. The quantitative estimate of drug-likeness (QED) is 0.371. The maximum atomic E-state index is 13.6. The topological polar surface area (TPSA) is 75.7 Å². The van der Waals surface area contributed by atoms with E-state index in [-0.39, 0.29) is 18.2 Å². The number of benzene rings is 2. The highest BCUT2D eigenvalue weighted by Gasteiger charge is 2.57. The molecule has 1 aromatic heterocycles. The fourth-order valence-electron chi connectivity index (χ4n) is 4.38. The van der Waals surface area contributed by atoms with Crippen molar-refractivity contribution in [2.45, 2.75) is 30.0 Å². The van der Waals surface area contributed by atoms with Gasteiger partial charge >= 0.3 is 5.97 Å². The van der Waals surface area contributed by atoms with E-state index in [4.69, 9.17) is 4.74 Å². The molecule has 2 saturated heterocycles. The largest absolute Gasteiger partial charge is 0.451 e. The highest BCUT2D eigenvalue weighted by molar-refractivity contribution is 8.04. The molecule has 1 N–H and O–H groups in total. The van der Waals surface area contributed by atoms with Crippen LogP contribution in [0.15, 0.2) is 102 Å². The molecule has 2 aliphatic rings. The molecule has 3 atom stereocenters. The molecule has 1 unspecified atom stereocenters. The van der Waals surface area contributed by atoms with Crippen LogP contribution in [0.4, 0.5) is 0 Å². The molecule has 8 heteroatoms. The van der Waals surface area contributed by atoms with Gasteiger partial charge in [0.2, 0.25) is 11.8 Å². The van der Waals surface area contributed by atoms with Gasteiger partial charge in [0.25, 0.3) is 0 Å². The Bertz CT molecular complexity index is 1270. The number of rotatable bonds is 7. The number of thioether (sulfide) groups is 1. The number of nitrogens with zero attached hydrogens (tertiary/aromatic N) is 1. The van der Waals surface area contributed by atoms with Crippen LogP contribution in [0.2, 0.25) is 0 Å². The third kappa shape index (κ3) is 4.62. The minimum absolute atomic E-state index is 0.202. The highest BCUT2D eigenvalue weighted by Crippen LogP contribution is 2.46. The first-order valence-electron chi connectivity index (χ1n) is 11.4. The standard InChI is InChI=1S/C28H24N2O4S2/c1-17-18(2)36-27-23(29-22(31)16-21-14-9-15-35-21)26(32)30(27)24(17)28(33)34-25(19-10-5-3-6-11-19)20-12-7-4-8-13-20/h3-15,23-25,27H,1-2,16H2,(H,29,31)/t23-,24?,27-/m1/s1. The van der Waals surface area contributed by atoms with E-state index in [0.29, 0.717) is 10.5 Å². The Hall–Kier alpha value is -3.62. The Labute approximate surface area is 217 Å². The molecule has 6 nitrogen and oxygen atoms in total. The smallest absolute Gasteiger partial charge is 0.334 e. The molecule has 182 valence electrons. The maximum absolute atomic E-state index is 13.6. The number of thiophene rings is 1. The van der Waals surface area contributed by atoms with Crippen molar-refractivity contribution in [1.29, 1.82) is 0 Å². The molecule has 0 spiro atoms. The summed E-state index contributed by atoms with van der Waals surface area (Å²) in [6.07, 6.45) is -0.444. The first-order chi connectivity index (χ1) is 17.4. The van der Waals surface area contributed by atoms with Crippen LogP contribution >= 0.6 is 23.1 Å². The highest BCUT2D eigenvalue weighted by atomic mass is 32.2. The lowest BCUT2D eigenvalue weighted by molar-refractivity contribution is -0.165. The average Bonchev–Trinajstić information content (AvgIpc) is 3.41. The van der Waals surface area contributed by atoms with Crippen LogP contribution in [0, 0.1) is 0 Å². The Kier molecular flexibility index (Phi) is 6.80. The normalized spacial score (nSPS) is 21.1. The van der Waals surface area contributed by atoms with Crippen molar-refractivity contribution in [3.8, 4) is 0 Å². The van der Waals surface area contributed by atoms with Crippen LogP contribution in [-0.4, -0.2) is 40.1 Å². The van der Waals surface area contributed by atoms with E-state index in [2.05, 4.69) is 18.5 Å². The van der Waals surface area contributed by atoms with Gasteiger partial charge < -0.3 is 15.0 Å². The van der Waals surface area contributed by atoms with Crippen LogP contribution in [0.3, 0.4) is 0 Å². The Balaban J connectivity index is 1.35. The minimum atomic E-state index is -1.00. The van der Waals surface area contributed by atoms with Crippen molar-refractivity contribution < 1.29 is 19.1 Å². The summed E-state index contributed by atoms with van der Waals surface area (Å²) < 4.78 is 6.04. The van der Waals surface area contributed by atoms with Gasteiger partial charge in [-0.2, -0.15) is 0 Å². The lowest BCUT2D eigenvalue weighted by atomic mass is 9.96. The summed E-state index contributed by atoms with van der Waals surface area (Å²) in [4.78, 5) is 42.2. The van der Waals surface area contributed by atoms with E-state index in [0.717, 1.165) is 16.0 Å². The first kappa shape index (κ1) is 24.1. The summed E-state index contributed by atoms with van der Waals surface area (Å²) in [5.41, 5.74) is 2.06. The predicted molar refractivity (Wildman–Crippen MR) is 141 cm³/mol. The van der Waals surface area contributed by atoms with Gasteiger partial charge in [-0.15, -0.1) is 11.3 Å². The molecule has 2 aliphatic heterocycles. The van der Waals surface area contributed by atoms with Crippen molar-refractivity contribution in [2.75, 3.05) is 0 Å². The first-order valence-corrected chi connectivity index (χ1v) is 13.2. The van der Waals surface area contributed by atoms with Crippen LogP contribution in [0.5, 0.6) is 0 Å². The fourth-order valence-corrected chi connectivity index (χ4v) is 6.29. The van der Waals surface area contributed by atoms with E-state index in [1.54, 1.807) is 0 Å². The lowest BCUT2D eigenvalue weighted by Crippen LogP contribution is -2.74. The molecule has 0 radical (unpaired) electrons. The number of ether oxygens (including phenoxy) is 1. The maximum Gasteiger partial charge on any atom is 0.334 e. The van der Waals surface area contributed by atoms with Crippen molar-refractivity contribution in [2.24, 2.45) is 0 Å². The van der Waals surface area contributed by atoms with Crippen molar-refractivity contribution >= 4 is 40.9 Å². The van der Waals surface area contributed by atoms with Gasteiger partial charge in [-0.3, -0.25) is 9.59 Å². The summed E-state index contributed by atoms with van der Waals surface area (Å²) in [7, 11) is 0. The molecule has 5 rings (SSSR count). The summed E-state index contributed by atoms with van der Waals surface area (Å²) >= 11 is 2.82. The van der Waals surface area contributed by atoms with Crippen molar-refractivity contribution in [3.05, 3.63) is 118 Å². The monoisotopic (exact) mass is 516 g/mol. The molecule has 2 aromatic carbocycles. The molecule has 3 aromatic rings. The van der Waals surface area contributed by atoms with E-state index in [1.165, 1.54) is 28.0 Å². The van der Waals surface area contributed by atoms with Gasteiger partial charge in [0.15, 0.2) is 12.1 Å². The van der Waals surface area contributed by atoms with Crippen LogP contribution < -0.4 is 5.32 Å². The number of nitrogens with one attached hydrogen (secondary N) is 1. The third-order valence-electron chi connectivity index (χ3n) is 6.20. The Morgan fingerprint density at radius 1 is 0.972 bits per heavy atom. The number of amides is 2. The van der Waals surface area contributed by atoms with Crippen LogP contribution in [0.1, 0.15) is 22.1 Å². The zero-order chi connectivity index (χ0) is 25.2. The number of fused-ring (bicyclic) bond motifs is 1. The molecular weight excluding hydrogens is 492 g/mol. The molecular formula is C28H24N2O4S2. The van der Waals surface area contributed by atoms with Gasteiger partial charge in [0, 0.05) is 9.78 Å². The zero-order valence-corrected chi connectivity index (χ0v) is 21.0. The summed E-state index contributed by atoms with van der Waals surface area (Å²) in [5.74, 6) is -1.15. The number of carbonyl (C=O) groups is 3. The molecule has 2 fully saturated rings. The molecule has 0 bridgehead atoms. The van der Waals surface area contributed by atoms with Gasteiger partial charge in [-0.1, -0.05) is 91.6 Å². The Morgan fingerprint density at radius 3 is 2.19 bits per heavy atom. The zero-order valence-electron chi connectivity index (χ0n) is 19.3. The number of β-lactam (4-membered cyclic amide) rings is 1. The van der Waals surface area contributed by atoms with Crippen LogP contribution in [0.25, 0.3) is 0 Å². The number of hydrogen-bond donors (Lipinski definition) is 1. The summed E-state index contributed by atoms with van der Waals surface area (Å²) in [6, 6.07) is 20.9. The molecule has 0 saturated carbocycles. The fraction of sp³-hybridized carbons (Fsp3) is 0.179. The van der Waals surface area contributed by atoms with E-state index in [9.17, 15) is 14.4 Å². The second-order valence-electron chi connectivity index (χ2n) is 8.54. The van der Waals surface area contributed by atoms with Gasteiger partial charge in [0.1, 0.15) is 11.4 Å². The lowest BCUT2D eigenvalue weighted by Gasteiger charge is -2.53. The van der Waals surface area contributed by atoms with E-state index < -0.39 is 29.5 Å².